The highest BCUT2D eigenvalue weighted by atomic mass is 32.2. The Morgan fingerprint density at radius 3 is 2.72 bits per heavy atom. The van der Waals surface area contributed by atoms with Gasteiger partial charge in [0, 0.05) is 43.7 Å². The van der Waals surface area contributed by atoms with Gasteiger partial charge in [-0.2, -0.15) is 9.40 Å². The first-order valence-corrected chi connectivity index (χ1v) is 9.47. The lowest BCUT2D eigenvalue weighted by molar-refractivity contribution is -0.111. The number of rotatable bonds is 5. The van der Waals surface area contributed by atoms with Crippen LogP contribution in [0.4, 0.5) is 5.69 Å². The lowest BCUT2D eigenvalue weighted by Gasteiger charge is -2.16. The van der Waals surface area contributed by atoms with Gasteiger partial charge in [-0.3, -0.25) is 9.48 Å². The minimum Gasteiger partial charge on any atom is -0.322 e. The monoisotopic (exact) mass is 360 g/mol. The van der Waals surface area contributed by atoms with E-state index in [0.717, 1.165) is 18.4 Å². The molecule has 2 heterocycles. The number of amides is 1. The molecular weight excluding hydrogens is 340 g/mol. The van der Waals surface area contributed by atoms with Crippen molar-refractivity contribution >= 4 is 27.7 Å². The van der Waals surface area contributed by atoms with Gasteiger partial charge in [-0.05, 0) is 37.1 Å². The van der Waals surface area contributed by atoms with E-state index in [2.05, 4.69) is 10.4 Å². The summed E-state index contributed by atoms with van der Waals surface area (Å²) in [6.07, 6.45) is 8.23. The topological polar surface area (TPSA) is 84.3 Å². The van der Waals surface area contributed by atoms with Crippen LogP contribution < -0.4 is 5.32 Å². The number of carbonyl (C=O) groups is 1. The molecule has 1 aliphatic heterocycles. The third-order valence-electron chi connectivity index (χ3n) is 3.96. The fourth-order valence-electron chi connectivity index (χ4n) is 2.69. The average molecular weight is 360 g/mol. The van der Waals surface area contributed by atoms with Crippen LogP contribution in [0.15, 0.2) is 47.6 Å². The number of nitrogens with zero attached hydrogens (tertiary/aromatic N) is 3. The molecule has 0 unspecified atom stereocenters. The van der Waals surface area contributed by atoms with Crippen molar-refractivity contribution in [2.45, 2.75) is 17.7 Å². The Kier molecular flexibility index (Phi) is 5.00. The first-order valence-electron chi connectivity index (χ1n) is 8.03. The predicted octanol–water partition coefficient (Wildman–Crippen LogP) is 1.86. The van der Waals surface area contributed by atoms with Crippen molar-refractivity contribution in [1.82, 2.24) is 14.1 Å². The minimum absolute atomic E-state index is 0.198. The second kappa shape index (κ2) is 7.20. The van der Waals surface area contributed by atoms with E-state index in [1.54, 1.807) is 48.4 Å². The second-order valence-corrected chi connectivity index (χ2v) is 7.85. The molecule has 3 rings (SSSR count). The molecule has 0 spiro atoms. The maximum atomic E-state index is 12.6. The number of aryl methyl sites for hydroxylation is 1. The summed E-state index contributed by atoms with van der Waals surface area (Å²) < 4.78 is 28.3. The van der Waals surface area contributed by atoms with Crippen molar-refractivity contribution in [3.05, 3.63) is 48.3 Å². The number of hydrogen-bond donors (Lipinski definition) is 1. The van der Waals surface area contributed by atoms with Gasteiger partial charge in [-0.25, -0.2) is 8.42 Å². The quantitative estimate of drug-likeness (QED) is 0.825. The van der Waals surface area contributed by atoms with Crippen molar-refractivity contribution in [3.63, 3.8) is 0 Å². The van der Waals surface area contributed by atoms with Crippen LogP contribution in [-0.4, -0.2) is 41.5 Å². The molecule has 0 radical (unpaired) electrons. The van der Waals surface area contributed by atoms with Gasteiger partial charge in [-0.1, -0.05) is 6.07 Å². The predicted molar refractivity (Wildman–Crippen MR) is 95.3 cm³/mol. The van der Waals surface area contributed by atoms with Crippen LogP contribution in [0.3, 0.4) is 0 Å². The highest BCUT2D eigenvalue weighted by Gasteiger charge is 2.27. The molecule has 1 aromatic carbocycles. The van der Waals surface area contributed by atoms with Crippen LogP contribution in [0.2, 0.25) is 0 Å². The number of hydrogen-bond acceptors (Lipinski definition) is 4. The van der Waals surface area contributed by atoms with Crippen molar-refractivity contribution in [2.75, 3.05) is 18.4 Å². The Bertz CT molecular complexity index is 896. The lowest BCUT2D eigenvalue weighted by atomic mass is 10.3. The van der Waals surface area contributed by atoms with Gasteiger partial charge in [0.15, 0.2) is 0 Å². The molecule has 0 aliphatic carbocycles. The Balaban J connectivity index is 1.71. The van der Waals surface area contributed by atoms with Gasteiger partial charge in [-0.15, -0.1) is 0 Å². The standard InChI is InChI=1S/C17H20N4O3S/c1-20-13-14(12-18-20)7-8-17(22)19-15-5-4-6-16(11-15)25(23,24)21-9-2-3-10-21/h4-8,11-13H,2-3,9-10H2,1H3,(H,19,22)/b8-7+. The van der Waals surface area contributed by atoms with Crippen molar-refractivity contribution < 1.29 is 13.2 Å². The molecule has 1 aromatic heterocycles. The molecule has 0 atom stereocenters. The molecule has 0 bridgehead atoms. The third-order valence-corrected chi connectivity index (χ3v) is 5.85. The average Bonchev–Trinajstić information content (AvgIpc) is 3.25. The van der Waals surface area contributed by atoms with Crippen LogP contribution in [0.5, 0.6) is 0 Å². The van der Waals surface area contributed by atoms with E-state index >= 15 is 0 Å². The van der Waals surface area contributed by atoms with Crippen molar-refractivity contribution in [3.8, 4) is 0 Å². The van der Waals surface area contributed by atoms with Gasteiger partial charge in [0.25, 0.3) is 0 Å². The van der Waals surface area contributed by atoms with Gasteiger partial charge in [0.1, 0.15) is 0 Å². The zero-order valence-electron chi connectivity index (χ0n) is 13.9. The van der Waals surface area contributed by atoms with E-state index < -0.39 is 10.0 Å². The molecule has 25 heavy (non-hydrogen) atoms. The Morgan fingerprint density at radius 2 is 2.04 bits per heavy atom. The first-order chi connectivity index (χ1) is 11.9. The summed E-state index contributed by atoms with van der Waals surface area (Å²) >= 11 is 0. The highest BCUT2D eigenvalue weighted by Crippen LogP contribution is 2.23. The summed E-state index contributed by atoms with van der Waals surface area (Å²) in [5, 5.41) is 6.70. The van der Waals surface area contributed by atoms with E-state index in [9.17, 15) is 13.2 Å². The van der Waals surface area contributed by atoms with Crippen molar-refractivity contribution in [2.24, 2.45) is 7.05 Å². The van der Waals surface area contributed by atoms with Crippen LogP contribution in [0.25, 0.3) is 6.08 Å². The van der Waals surface area contributed by atoms with E-state index in [4.69, 9.17) is 0 Å². The highest BCUT2D eigenvalue weighted by molar-refractivity contribution is 7.89. The largest absolute Gasteiger partial charge is 0.322 e. The first kappa shape index (κ1) is 17.4. The zero-order chi connectivity index (χ0) is 17.9. The van der Waals surface area contributed by atoms with E-state index in [1.165, 1.54) is 16.4 Å². The molecule has 8 heteroatoms. The molecule has 2 aromatic rings. The number of sulfonamides is 1. The van der Waals surface area contributed by atoms with Crippen LogP contribution >= 0.6 is 0 Å². The van der Waals surface area contributed by atoms with Crippen LogP contribution in [-0.2, 0) is 21.9 Å². The molecule has 1 fully saturated rings. The summed E-state index contributed by atoms with van der Waals surface area (Å²) in [5.41, 5.74) is 1.25. The van der Waals surface area contributed by atoms with Crippen molar-refractivity contribution in [1.29, 1.82) is 0 Å². The maximum absolute atomic E-state index is 12.6. The Morgan fingerprint density at radius 1 is 1.28 bits per heavy atom. The summed E-state index contributed by atoms with van der Waals surface area (Å²) in [4.78, 5) is 12.2. The number of benzene rings is 1. The fourth-order valence-corrected chi connectivity index (χ4v) is 4.26. The molecule has 0 saturated carbocycles. The summed E-state index contributed by atoms with van der Waals surface area (Å²) in [6, 6.07) is 6.33. The van der Waals surface area contributed by atoms with Gasteiger partial charge < -0.3 is 5.32 Å². The van der Waals surface area contributed by atoms with Crippen LogP contribution in [0.1, 0.15) is 18.4 Å². The number of nitrogens with one attached hydrogen (secondary N) is 1. The smallest absolute Gasteiger partial charge is 0.248 e. The maximum Gasteiger partial charge on any atom is 0.248 e. The zero-order valence-corrected chi connectivity index (χ0v) is 14.7. The van der Waals surface area contributed by atoms with Crippen LogP contribution in [0, 0.1) is 0 Å². The van der Waals surface area contributed by atoms with E-state index in [-0.39, 0.29) is 10.8 Å². The van der Waals surface area contributed by atoms with Gasteiger partial charge in [0.05, 0.1) is 11.1 Å². The summed E-state index contributed by atoms with van der Waals surface area (Å²) in [5.74, 6) is -0.334. The lowest BCUT2D eigenvalue weighted by Crippen LogP contribution is -2.27. The number of anilines is 1. The molecule has 1 amide bonds. The molecule has 1 N–H and O–H groups in total. The Hall–Kier alpha value is -2.45. The third kappa shape index (κ3) is 4.15. The fraction of sp³-hybridized carbons (Fsp3) is 0.294. The molecule has 1 saturated heterocycles. The minimum atomic E-state index is -3.50. The number of aromatic nitrogens is 2. The Labute approximate surface area is 147 Å². The second-order valence-electron chi connectivity index (χ2n) is 5.91. The van der Waals surface area contributed by atoms with E-state index in [0.29, 0.717) is 18.8 Å². The molecule has 7 nitrogen and oxygen atoms in total. The summed E-state index contributed by atoms with van der Waals surface area (Å²) in [7, 11) is -1.70. The van der Waals surface area contributed by atoms with Gasteiger partial charge in [0.2, 0.25) is 15.9 Å². The van der Waals surface area contributed by atoms with E-state index in [1.807, 2.05) is 0 Å². The number of carbonyl (C=O) groups excluding carboxylic acids is 1. The van der Waals surface area contributed by atoms with Gasteiger partial charge >= 0.3 is 0 Å². The SMILES string of the molecule is Cn1cc(/C=C/C(=O)Nc2cccc(S(=O)(=O)N3CCCC3)c2)cn1. The molecule has 132 valence electrons. The molecular formula is C17H20N4O3S. The summed E-state index contributed by atoms with van der Waals surface area (Å²) in [6.45, 7) is 1.10. The normalized spacial score (nSPS) is 15.7. The molecule has 1 aliphatic rings.